The molecule has 0 atom stereocenters. The number of anilines is 2. The number of rotatable bonds is 8. The van der Waals surface area contributed by atoms with Gasteiger partial charge in [-0.25, -0.2) is 0 Å². The standard InChI is InChI=1S/C20H32N4O3/c1-15-5-6-16(13-18(15)22-19(25)9-10-23(2)3)21-20(26)14-27-17-7-11-24(4)12-8-17/h5-6,13,17H,7-12,14H2,1-4H3,(H,21,26)(H,22,25). The predicted octanol–water partition coefficient (Wildman–Crippen LogP) is 1.93. The second kappa shape index (κ2) is 10.4. The third kappa shape index (κ3) is 7.66. The van der Waals surface area contributed by atoms with Gasteiger partial charge in [-0.15, -0.1) is 0 Å². The van der Waals surface area contributed by atoms with Gasteiger partial charge in [-0.05, 0) is 58.6 Å². The molecule has 0 bridgehead atoms. The van der Waals surface area contributed by atoms with Gasteiger partial charge in [-0.1, -0.05) is 6.07 Å². The minimum Gasteiger partial charge on any atom is -0.368 e. The molecule has 27 heavy (non-hydrogen) atoms. The zero-order chi connectivity index (χ0) is 19.8. The Kier molecular flexibility index (Phi) is 8.22. The van der Waals surface area contributed by atoms with Gasteiger partial charge in [-0.2, -0.15) is 0 Å². The van der Waals surface area contributed by atoms with E-state index in [1.165, 1.54) is 0 Å². The lowest BCUT2D eigenvalue weighted by molar-refractivity contribution is -0.123. The Bertz CT molecular complexity index is 640. The van der Waals surface area contributed by atoms with Crippen LogP contribution in [0.4, 0.5) is 11.4 Å². The van der Waals surface area contributed by atoms with E-state index in [4.69, 9.17) is 4.74 Å². The van der Waals surface area contributed by atoms with Crippen LogP contribution in [-0.2, 0) is 14.3 Å². The summed E-state index contributed by atoms with van der Waals surface area (Å²) in [7, 11) is 5.96. The second-order valence-electron chi connectivity index (χ2n) is 7.49. The van der Waals surface area contributed by atoms with Crippen molar-refractivity contribution >= 4 is 23.2 Å². The van der Waals surface area contributed by atoms with Crippen LogP contribution in [0.5, 0.6) is 0 Å². The maximum atomic E-state index is 12.2. The number of aryl methyl sites for hydroxylation is 1. The molecule has 1 fully saturated rings. The monoisotopic (exact) mass is 376 g/mol. The summed E-state index contributed by atoms with van der Waals surface area (Å²) in [6, 6.07) is 5.50. The molecule has 0 unspecified atom stereocenters. The Morgan fingerprint density at radius 1 is 1.19 bits per heavy atom. The van der Waals surface area contributed by atoms with E-state index < -0.39 is 0 Å². The molecule has 2 rings (SSSR count). The van der Waals surface area contributed by atoms with Crippen LogP contribution in [0, 0.1) is 6.92 Å². The highest BCUT2D eigenvalue weighted by atomic mass is 16.5. The van der Waals surface area contributed by atoms with Crippen molar-refractivity contribution in [2.45, 2.75) is 32.3 Å². The highest BCUT2D eigenvalue weighted by Crippen LogP contribution is 2.21. The molecule has 1 saturated heterocycles. The topological polar surface area (TPSA) is 73.9 Å². The Morgan fingerprint density at radius 3 is 2.56 bits per heavy atom. The van der Waals surface area contributed by atoms with Gasteiger partial charge >= 0.3 is 0 Å². The number of ether oxygens (including phenoxy) is 1. The Hall–Kier alpha value is -1.96. The quantitative estimate of drug-likeness (QED) is 0.725. The average molecular weight is 377 g/mol. The minimum atomic E-state index is -0.178. The normalized spacial score (nSPS) is 15.7. The SMILES string of the molecule is Cc1ccc(NC(=O)COC2CCN(C)CC2)cc1NC(=O)CCN(C)C. The lowest BCUT2D eigenvalue weighted by atomic mass is 10.1. The average Bonchev–Trinajstić information content (AvgIpc) is 2.62. The third-order valence-corrected chi connectivity index (χ3v) is 4.70. The molecule has 0 aromatic heterocycles. The highest BCUT2D eigenvalue weighted by Gasteiger charge is 2.18. The van der Waals surface area contributed by atoms with Gasteiger partial charge < -0.3 is 25.2 Å². The van der Waals surface area contributed by atoms with Crippen LogP contribution in [0.2, 0.25) is 0 Å². The molecule has 0 spiro atoms. The molecule has 7 heteroatoms. The van der Waals surface area contributed by atoms with Crippen molar-refractivity contribution in [2.24, 2.45) is 0 Å². The molecule has 1 aromatic carbocycles. The summed E-state index contributed by atoms with van der Waals surface area (Å²) < 4.78 is 5.73. The van der Waals surface area contributed by atoms with Gasteiger partial charge in [0, 0.05) is 37.4 Å². The van der Waals surface area contributed by atoms with E-state index >= 15 is 0 Å². The molecule has 1 heterocycles. The van der Waals surface area contributed by atoms with Gasteiger partial charge in [0.25, 0.3) is 0 Å². The van der Waals surface area contributed by atoms with Crippen LogP contribution < -0.4 is 10.6 Å². The first-order chi connectivity index (χ1) is 12.8. The predicted molar refractivity (Wildman–Crippen MR) is 108 cm³/mol. The summed E-state index contributed by atoms with van der Waals surface area (Å²) in [5, 5.41) is 5.76. The molecular formula is C20H32N4O3. The lowest BCUT2D eigenvalue weighted by Gasteiger charge is -2.28. The molecule has 1 aliphatic rings. The molecule has 2 N–H and O–H groups in total. The first-order valence-corrected chi connectivity index (χ1v) is 9.48. The first-order valence-electron chi connectivity index (χ1n) is 9.48. The molecule has 0 aliphatic carbocycles. The van der Waals surface area contributed by atoms with E-state index in [9.17, 15) is 9.59 Å². The Morgan fingerprint density at radius 2 is 1.89 bits per heavy atom. The first kappa shape index (κ1) is 21.3. The van der Waals surface area contributed by atoms with Crippen molar-refractivity contribution in [2.75, 3.05) is 58.0 Å². The fourth-order valence-electron chi connectivity index (χ4n) is 2.91. The van der Waals surface area contributed by atoms with E-state index in [-0.39, 0.29) is 24.5 Å². The van der Waals surface area contributed by atoms with Crippen LogP contribution in [-0.4, -0.2) is 75.1 Å². The molecule has 1 aromatic rings. The van der Waals surface area contributed by atoms with Crippen LogP contribution in [0.25, 0.3) is 0 Å². The van der Waals surface area contributed by atoms with Gasteiger partial charge in [0.15, 0.2) is 0 Å². The van der Waals surface area contributed by atoms with Crippen LogP contribution >= 0.6 is 0 Å². The number of likely N-dealkylation sites (tertiary alicyclic amines) is 1. The van der Waals surface area contributed by atoms with E-state index in [0.717, 1.165) is 31.5 Å². The zero-order valence-electron chi connectivity index (χ0n) is 16.9. The zero-order valence-corrected chi connectivity index (χ0v) is 16.9. The fraction of sp³-hybridized carbons (Fsp3) is 0.600. The number of amides is 2. The van der Waals surface area contributed by atoms with E-state index in [2.05, 4.69) is 22.6 Å². The van der Waals surface area contributed by atoms with Gasteiger partial charge in [-0.3, -0.25) is 9.59 Å². The maximum absolute atomic E-state index is 12.2. The van der Waals surface area contributed by atoms with Gasteiger partial charge in [0.1, 0.15) is 6.61 Å². The number of nitrogens with one attached hydrogen (secondary N) is 2. The number of hydrogen-bond donors (Lipinski definition) is 2. The summed E-state index contributed by atoms with van der Waals surface area (Å²) in [4.78, 5) is 28.5. The van der Waals surface area contributed by atoms with Crippen molar-refractivity contribution in [3.8, 4) is 0 Å². The number of nitrogens with zero attached hydrogens (tertiary/aromatic N) is 2. The molecule has 7 nitrogen and oxygen atoms in total. The van der Waals surface area contributed by atoms with Crippen molar-refractivity contribution in [3.63, 3.8) is 0 Å². The third-order valence-electron chi connectivity index (χ3n) is 4.70. The van der Waals surface area contributed by atoms with Crippen LogP contribution in [0.15, 0.2) is 18.2 Å². The molecular weight excluding hydrogens is 344 g/mol. The van der Waals surface area contributed by atoms with E-state index in [0.29, 0.717) is 24.3 Å². The summed E-state index contributed by atoms with van der Waals surface area (Å²) in [6.45, 7) is 4.67. The Labute approximate surface area is 162 Å². The second-order valence-corrected chi connectivity index (χ2v) is 7.49. The molecule has 150 valence electrons. The molecule has 1 aliphatic heterocycles. The number of carbonyl (C=O) groups excluding carboxylic acids is 2. The van der Waals surface area contributed by atoms with Crippen LogP contribution in [0.3, 0.4) is 0 Å². The minimum absolute atomic E-state index is 0.0409. The highest BCUT2D eigenvalue weighted by molar-refractivity contribution is 5.95. The molecule has 2 amide bonds. The number of benzene rings is 1. The summed E-state index contributed by atoms with van der Waals surface area (Å²) in [5.41, 5.74) is 2.32. The maximum Gasteiger partial charge on any atom is 0.250 e. The molecule has 0 radical (unpaired) electrons. The van der Waals surface area contributed by atoms with Crippen molar-refractivity contribution < 1.29 is 14.3 Å². The van der Waals surface area contributed by atoms with Gasteiger partial charge in [0.2, 0.25) is 11.8 Å². The molecule has 0 saturated carbocycles. The Balaban J connectivity index is 1.83. The summed E-state index contributed by atoms with van der Waals surface area (Å²) in [5.74, 6) is -0.219. The number of carbonyl (C=O) groups is 2. The van der Waals surface area contributed by atoms with E-state index in [1.807, 2.05) is 38.1 Å². The number of hydrogen-bond acceptors (Lipinski definition) is 5. The van der Waals surface area contributed by atoms with Gasteiger partial charge in [0.05, 0.1) is 6.10 Å². The smallest absolute Gasteiger partial charge is 0.250 e. The van der Waals surface area contributed by atoms with Crippen molar-refractivity contribution in [3.05, 3.63) is 23.8 Å². The summed E-state index contributed by atoms with van der Waals surface area (Å²) >= 11 is 0. The fourth-order valence-corrected chi connectivity index (χ4v) is 2.91. The lowest BCUT2D eigenvalue weighted by Crippen LogP contribution is -2.35. The van der Waals surface area contributed by atoms with Crippen molar-refractivity contribution in [1.82, 2.24) is 9.80 Å². The van der Waals surface area contributed by atoms with E-state index in [1.54, 1.807) is 6.07 Å². The number of piperidine rings is 1. The largest absolute Gasteiger partial charge is 0.368 e. The van der Waals surface area contributed by atoms with Crippen LogP contribution in [0.1, 0.15) is 24.8 Å². The van der Waals surface area contributed by atoms with Crippen molar-refractivity contribution in [1.29, 1.82) is 0 Å². The summed E-state index contributed by atoms with van der Waals surface area (Å²) in [6.07, 6.45) is 2.49.